The van der Waals surface area contributed by atoms with Gasteiger partial charge in [0.05, 0.1) is 6.54 Å². The van der Waals surface area contributed by atoms with E-state index in [9.17, 15) is 4.79 Å². The number of anilines is 1. The number of nitrogens with two attached hydrogens (primary N) is 1. The van der Waals surface area contributed by atoms with Crippen LogP contribution in [0.1, 0.15) is 11.1 Å². The summed E-state index contributed by atoms with van der Waals surface area (Å²) in [4.78, 5) is 10.6. The van der Waals surface area contributed by atoms with E-state index in [1.165, 1.54) is 11.1 Å². The summed E-state index contributed by atoms with van der Waals surface area (Å²) in [6.07, 6.45) is 0. The van der Waals surface area contributed by atoms with Crippen LogP contribution in [-0.4, -0.2) is 12.5 Å². The van der Waals surface area contributed by atoms with Gasteiger partial charge in [0, 0.05) is 18.8 Å². The summed E-state index contributed by atoms with van der Waals surface area (Å²) >= 11 is 0. The number of hydrogen-bond donors (Lipinski definition) is 3. The fourth-order valence-corrected chi connectivity index (χ4v) is 1.59. The fraction of sp³-hybridized carbons (Fsp3) is 0.300. The van der Waals surface area contributed by atoms with E-state index in [1.807, 2.05) is 6.07 Å². The average Bonchev–Trinajstić information content (AvgIpc) is 2.61. The van der Waals surface area contributed by atoms with Gasteiger partial charge in [0.1, 0.15) is 0 Å². The Morgan fingerprint density at radius 3 is 3.00 bits per heavy atom. The van der Waals surface area contributed by atoms with Gasteiger partial charge in [0.25, 0.3) is 0 Å². The predicted octanol–water partition coefficient (Wildman–Crippen LogP) is 0.187. The molecule has 0 spiro atoms. The van der Waals surface area contributed by atoms with Gasteiger partial charge in [-0.3, -0.25) is 4.79 Å². The van der Waals surface area contributed by atoms with Crippen molar-refractivity contribution in [1.82, 2.24) is 5.32 Å². The van der Waals surface area contributed by atoms with Crippen LogP contribution in [0.2, 0.25) is 0 Å². The molecule has 4 N–H and O–H groups in total. The van der Waals surface area contributed by atoms with Gasteiger partial charge in [-0.05, 0) is 23.3 Å². The summed E-state index contributed by atoms with van der Waals surface area (Å²) in [7, 11) is 0. The van der Waals surface area contributed by atoms with Crippen molar-refractivity contribution < 1.29 is 4.79 Å². The molecular formula is C10H13N3O. The Hall–Kier alpha value is -1.55. The average molecular weight is 191 g/mol. The second kappa shape index (κ2) is 3.67. The molecule has 0 radical (unpaired) electrons. The van der Waals surface area contributed by atoms with E-state index in [0.717, 1.165) is 18.8 Å². The third-order valence-electron chi connectivity index (χ3n) is 2.30. The molecule has 0 atom stereocenters. The summed E-state index contributed by atoms with van der Waals surface area (Å²) in [5, 5.41) is 6.23. The Labute approximate surface area is 82.5 Å². The first-order valence-electron chi connectivity index (χ1n) is 4.60. The molecule has 0 fully saturated rings. The molecule has 14 heavy (non-hydrogen) atoms. The topological polar surface area (TPSA) is 67.2 Å². The van der Waals surface area contributed by atoms with Crippen LogP contribution >= 0.6 is 0 Å². The number of carbonyl (C=O) groups is 1. The SMILES string of the molecule is NC(=O)CNc1ccc2c(c1)CNC2. The molecule has 0 aliphatic carbocycles. The van der Waals surface area contributed by atoms with Crippen LogP contribution in [0.3, 0.4) is 0 Å². The molecular weight excluding hydrogens is 178 g/mol. The molecule has 1 aromatic rings. The number of hydrogen-bond acceptors (Lipinski definition) is 3. The van der Waals surface area contributed by atoms with Crippen molar-refractivity contribution in [2.24, 2.45) is 5.73 Å². The lowest BCUT2D eigenvalue weighted by Gasteiger charge is -2.05. The van der Waals surface area contributed by atoms with Gasteiger partial charge >= 0.3 is 0 Å². The molecule has 1 amide bonds. The molecule has 1 aromatic carbocycles. The third kappa shape index (κ3) is 1.85. The maximum Gasteiger partial charge on any atom is 0.236 e. The normalized spacial score (nSPS) is 13.7. The van der Waals surface area contributed by atoms with E-state index in [2.05, 4.69) is 22.8 Å². The van der Waals surface area contributed by atoms with Crippen LogP contribution in [0, 0.1) is 0 Å². The van der Waals surface area contributed by atoms with Crippen molar-refractivity contribution in [3.8, 4) is 0 Å². The zero-order valence-corrected chi connectivity index (χ0v) is 7.84. The number of nitrogens with one attached hydrogen (secondary N) is 2. The Morgan fingerprint density at radius 2 is 2.21 bits per heavy atom. The molecule has 0 bridgehead atoms. The van der Waals surface area contributed by atoms with Crippen LogP contribution in [0.4, 0.5) is 5.69 Å². The van der Waals surface area contributed by atoms with Crippen LogP contribution in [-0.2, 0) is 17.9 Å². The Bertz CT molecular complexity index is 362. The highest BCUT2D eigenvalue weighted by atomic mass is 16.1. The Morgan fingerprint density at radius 1 is 1.43 bits per heavy atom. The molecule has 1 aliphatic rings. The van der Waals surface area contributed by atoms with Crippen molar-refractivity contribution in [2.45, 2.75) is 13.1 Å². The van der Waals surface area contributed by atoms with Crippen LogP contribution < -0.4 is 16.4 Å². The van der Waals surface area contributed by atoms with Gasteiger partial charge in [-0.15, -0.1) is 0 Å². The number of rotatable bonds is 3. The predicted molar refractivity (Wildman–Crippen MR) is 54.7 cm³/mol. The molecule has 0 unspecified atom stereocenters. The minimum absolute atomic E-state index is 0.187. The monoisotopic (exact) mass is 191 g/mol. The van der Waals surface area contributed by atoms with Gasteiger partial charge in [-0.2, -0.15) is 0 Å². The van der Waals surface area contributed by atoms with E-state index < -0.39 is 0 Å². The minimum Gasteiger partial charge on any atom is -0.376 e. The summed E-state index contributed by atoms with van der Waals surface area (Å²) in [6, 6.07) is 6.09. The summed E-state index contributed by atoms with van der Waals surface area (Å²) < 4.78 is 0. The van der Waals surface area contributed by atoms with Gasteiger partial charge in [-0.1, -0.05) is 6.07 Å². The zero-order chi connectivity index (χ0) is 9.97. The first kappa shape index (κ1) is 9.02. The van der Waals surface area contributed by atoms with E-state index >= 15 is 0 Å². The molecule has 4 heteroatoms. The van der Waals surface area contributed by atoms with E-state index in [4.69, 9.17) is 5.73 Å². The molecule has 2 rings (SSSR count). The van der Waals surface area contributed by atoms with Crippen LogP contribution in [0.25, 0.3) is 0 Å². The molecule has 1 heterocycles. The second-order valence-corrected chi connectivity index (χ2v) is 3.41. The molecule has 4 nitrogen and oxygen atoms in total. The molecule has 0 saturated heterocycles. The summed E-state index contributed by atoms with van der Waals surface area (Å²) in [5.41, 5.74) is 8.61. The number of primary amides is 1. The molecule has 1 aliphatic heterocycles. The second-order valence-electron chi connectivity index (χ2n) is 3.41. The quantitative estimate of drug-likeness (QED) is 0.638. The van der Waals surface area contributed by atoms with Crippen molar-refractivity contribution in [3.05, 3.63) is 29.3 Å². The summed E-state index contributed by atoms with van der Waals surface area (Å²) in [6.45, 7) is 2.03. The highest BCUT2D eigenvalue weighted by Gasteiger charge is 2.09. The number of carbonyl (C=O) groups excluding carboxylic acids is 1. The maximum absolute atomic E-state index is 10.6. The molecule has 0 saturated carbocycles. The lowest BCUT2D eigenvalue weighted by molar-refractivity contribution is -0.116. The van der Waals surface area contributed by atoms with Gasteiger partial charge in [0.15, 0.2) is 0 Å². The highest BCUT2D eigenvalue weighted by molar-refractivity contribution is 5.78. The van der Waals surface area contributed by atoms with Gasteiger partial charge in [-0.25, -0.2) is 0 Å². The van der Waals surface area contributed by atoms with E-state index in [-0.39, 0.29) is 12.5 Å². The Balaban J connectivity index is 2.09. The van der Waals surface area contributed by atoms with Crippen molar-refractivity contribution in [3.63, 3.8) is 0 Å². The number of benzene rings is 1. The lowest BCUT2D eigenvalue weighted by Crippen LogP contribution is -2.21. The van der Waals surface area contributed by atoms with Crippen molar-refractivity contribution in [1.29, 1.82) is 0 Å². The highest BCUT2D eigenvalue weighted by Crippen LogP contribution is 2.19. The third-order valence-corrected chi connectivity index (χ3v) is 2.30. The van der Waals surface area contributed by atoms with Crippen LogP contribution in [0.5, 0.6) is 0 Å². The first-order valence-corrected chi connectivity index (χ1v) is 4.60. The summed E-state index contributed by atoms with van der Waals surface area (Å²) in [5.74, 6) is -0.344. The number of amides is 1. The largest absolute Gasteiger partial charge is 0.376 e. The van der Waals surface area contributed by atoms with E-state index in [1.54, 1.807) is 0 Å². The molecule has 0 aromatic heterocycles. The standard InChI is InChI=1S/C10H13N3O/c11-10(14)6-13-9-2-1-7-4-12-5-8(7)3-9/h1-3,12-13H,4-6H2,(H2,11,14). The van der Waals surface area contributed by atoms with Crippen LogP contribution in [0.15, 0.2) is 18.2 Å². The van der Waals surface area contributed by atoms with E-state index in [0.29, 0.717) is 0 Å². The van der Waals surface area contributed by atoms with Gasteiger partial charge in [0.2, 0.25) is 5.91 Å². The minimum atomic E-state index is -0.344. The Kier molecular flexibility index (Phi) is 2.37. The van der Waals surface area contributed by atoms with Crippen molar-refractivity contribution >= 4 is 11.6 Å². The van der Waals surface area contributed by atoms with Crippen molar-refractivity contribution in [2.75, 3.05) is 11.9 Å². The smallest absolute Gasteiger partial charge is 0.236 e. The van der Waals surface area contributed by atoms with Gasteiger partial charge < -0.3 is 16.4 Å². The zero-order valence-electron chi connectivity index (χ0n) is 7.84. The lowest BCUT2D eigenvalue weighted by atomic mass is 10.1. The fourth-order valence-electron chi connectivity index (χ4n) is 1.59. The first-order chi connectivity index (χ1) is 6.75. The maximum atomic E-state index is 10.6. The number of fused-ring (bicyclic) bond motifs is 1. The molecule has 74 valence electrons.